The van der Waals surface area contributed by atoms with Crippen molar-refractivity contribution in [1.29, 1.82) is 0 Å². The summed E-state index contributed by atoms with van der Waals surface area (Å²) in [6, 6.07) is 23.3. The lowest BCUT2D eigenvalue weighted by Gasteiger charge is -2.55. The first-order chi connectivity index (χ1) is 36.8. The summed E-state index contributed by atoms with van der Waals surface area (Å²) in [4.78, 5) is 45.3. The van der Waals surface area contributed by atoms with Crippen LogP contribution in [-0.2, 0) is 14.3 Å². The zero-order valence-electron chi connectivity index (χ0n) is 45.7. The number of ether oxygens (including phenoxy) is 1. The Morgan fingerprint density at radius 1 is 0.467 bits per heavy atom. The minimum absolute atomic E-state index is 0.143. The molecule has 0 spiro atoms. The molecular weight excluding hydrogens is 931 g/mol. The molecule has 12 heteroatoms. The number of primary amides is 1. The van der Waals surface area contributed by atoms with Gasteiger partial charge in [-0.25, -0.2) is 9.97 Å². The Kier molecular flexibility index (Phi) is 14.9. The van der Waals surface area contributed by atoms with Crippen LogP contribution in [0.15, 0.2) is 48.5 Å². The number of esters is 1. The Morgan fingerprint density at radius 3 is 1.27 bits per heavy atom. The molecule has 75 heavy (non-hydrogen) atoms. The number of para-hydroxylation sites is 4. The number of piperidine rings is 4. The fraction of sp³-hybridized carbons (Fsp3) is 0.746. The Hall–Kier alpha value is -3.84. The topological polar surface area (TPSA) is 118 Å². The molecule has 1 amide bonds. The number of carbonyl (C=O) groups excluding carboxylic acids is 2. The lowest BCUT2D eigenvalue weighted by molar-refractivity contribution is -0.142. The van der Waals surface area contributed by atoms with Crippen LogP contribution in [0.2, 0.25) is 0 Å². The van der Waals surface area contributed by atoms with E-state index in [0.717, 1.165) is 85.6 Å². The van der Waals surface area contributed by atoms with Crippen molar-refractivity contribution < 1.29 is 14.3 Å². The van der Waals surface area contributed by atoms with Gasteiger partial charge in [0.15, 0.2) is 0 Å². The minimum atomic E-state index is -0.231. The van der Waals surface area contributed by atoms with Crippen LogP contribution in [-0.4, -0.2) is 120 Å². The van der Waals surface area contributed by atoms with Gasteiger partial charge in [-0.3, -0.25) is 29.2 Å². The number of hydrogen-bond donors (Lipinski definition) is 1. The number of imidazole rings is 2. The van der Waals surface area contributed by atoms with E-state index in [1.807, 2.05) is 0 Å². The summed E-state index contributed by atoms with van der Waals surface area (Å²) in [7, 11) is 1.50. The second kappa shape index (κ2) is 22.1. The summed E-state index contributed by atoms with van der Waals surface area (Å²) < 4.78 is 10.3. The maximum absolute atomic E-state index is 12.2. The van der Waals surface area contributed by atoms with Crippen molar-refractivity contribution in [3.8, 4) is 0 Å². The van der Waals surface area contributed by atoms with Crippen molar-refractivity contribution in [1.82, 2.24) is 38.7 Å². The molecule has 6 aliphatic heterocycles. The van der Waals surface area contributed by atoms with E-state index in [4.69, 9.17) is 20.4 Å². The first kappa shape index (κ1) is 50.7. The monoisotopic (exact) mass is 1020 g/mol. The Balaban J connectivity index is 0.000000144. The van der Waals surface area contributed by atoms with Gasteiger partial charge >= 0.3 is 5.97 Å². The highest BCUT2D eigenvalue weighted by atomic mass is 16.5. The number of hydrogen-bond acceptors (Lipinski definition) is 9. The fourth-order valence-corrected chi connectivity index (χ4v) is 19.0. The summed E-state index contributed by atoms with van der Waals surface area (Å²) in [5, 5.41) is 0. The van der Waals surface area contributed by atoms with Gasteiger partial charge in [-0.2, -0.15) is 0 Å². The fourth-order valence-electron chi connectivity index (χ4n) is 19.0. The molecule has 2 aromatic heterocycles. The van der Waals surface area contributed by atoms with Crippen LogP contribution in [0.1, 0.15) is 216 Å². The molecule has 10 fully saturated rings. The van der Waals surface area contributed by atoms with Crippen LogP contribution < -0.4 is 5.73 Å². The van der Waals surface area contributed by atoms with Crippen molar-refractivity contribution in [2.24, 2.45) is 29.4 Å². The first-order valence-electron chi connectivity index (χ1n) is 31.1. The molecule has 14 atom stereocenters. The Bertz CT molecular complexity index is 2570. The molecular formula is C63H91N9O3. The molecule has 406 valence electrons. The van der Waals surface area contributed by atoms with E-state index >= 15 is 0 Å². The summed E-state index contributed by atoms with van der Waals surface area (Å²) in [6.07, 6.45) is 38.2. The summed E-state index contributed by atoms with van der Waals surface area (Å²) >= 11 is 0. The lowest BCUT2D eigenvalue weighted by atomic mass is 9.73. The maximum Gasteiger partial charge on any atom is 0.319 e. The first-order valence-corrected chi connectivity index (χ1v) is 31.1. The van der Waals surface area contributed by atoms with Crippen LogP contribution in [0.3, 0.4) is 0 Å². The second-order valence-electron chi connectivity index (χ2n) is 26.3. The second-order valence-corrected chi connectivity index (χ2v) is 26.3. The van der Waals surface area contributed by atoms with Crippen LogP contribution >= 0.6 is 0 Å². The third-order valence-corrected chi connectivity index (χ3v) is 21.8. The number of methoxy groups -OCH3 is 1. The normalized spacial score (nSPS) is 36.7. The number of carbonyl (C=O) groups is 2. The molecule has 4 unspecified atom stereocenters. The van der Waals surface area contributed by atoms with Gasteiger partial charge in [-0.05, 0) is 177 Å². The van der Waals surface area contributed by atoms with E-state index in [-0.39, 0.29) is 24.0 Å². The maximum atomic E-state index is 12.2. The smallest absolute Gasteiger partial charge is 0.319 e. The van der Waals surface area contributed by atoms with Gasteiger partial charge in [-0.1, -0.05) is 88.5 Å². The molecule has 14 rings (SSSR count). The average Bonchev–Trinajstić information content (AvgIpc) is 4.22. The largest absolute Gasteiger partial charge is 0.468 e. The molecule has 12 nitrogen and oxygen atoms in total. The molecule has 4 aliphatic carbocycles. The quantitative estimate of drug-likeness (QED) is 0.155. The standard InChI is InChI=1S/C32H46N4O2.C31H45N5O/c1-38-31(37)21-34-15-7-14-30(34)32-33-28-12-4-5-13-29(28)36(32)27-19-24-10-6-11-25(20-27)35(24)26-17-22-8-2-3-9-23(16-22)18-26;32-30(37)20-34-14-6-13-29(34)31-33-27-11-3-4-12-28(27)36(31)26-18-23-9-5-10-24(19-26)35(23)25-16-21-7-1-2-8-22(15-21)17-25/h4-5,12-13,22-27,30H,2-3,6-11,14-21H2,1H3;3-4,11-12,21-26,29H,1-2,5-10,13-20H2,(H2,32,37)/t22-,23+,24-,25+,26?,27?,30-;21-,22+,23-,24+,25?,26?,29-/m00/s1. The highest BCUT2D eigenvalue weighted by molar-refractivity contribution is 5.78. The predicted octanol–water partition coefficient (Wildman–Crippen LogP) is 11.8. The van der Waals surface area contributed by atoms with Crippen molar-refractivity contribution in [3.63, 3.8) is 0 Å². The number of likely N-dealkylation sites (tertiary alicyclic amines) is 2. The highest BCUT2D eigenvalue weighted by Crippen LogP contribution is 2.51. The van der Waals surface area contributed by atoms with Crippen molar-refractivity contribution in [2.75, 3.05) is 33.3 Å². The van der Waals surface area contributed by atoms with Gasteiger partial charge in [-0.15, -0.1) is 0 Å². The number of aromatic nitrogens is 4. The highest BCUT2D eigenvalue weighted by Gasteiger charge is 2.48. The molecule has 4 aromatic rings. The molecule has 2 aromatic carbocycles. The molecule has 8 heterocycles. The number of benzene rings is 2. The van der Waals surface area contributed by atoms with E-state index in [2.05, 4.69) is 77.3 Å². The van der Waals surface area contributed by atoms with Gasteiger partial charge < -0.3 is 19.6 Å². The molecule has 8 bridgehead atoms. The number of fused-ring (bicyclic) bond motifs is 10. The van der Waals surface area contributed by atoms with E-state index in [1.54, 1.807) is 0 Å². The number of amides is 1. The van der Waals surface area contributed by atoms with Gasteiger partial charge in [0.25, 0.3) is 0 Å². The van der Waals surface area contributed by atoms with Crippen molar-refractivity contribution >= 4 is 33.9 Å². The number of rotatable bonds is 10. The zero-order valence-corrected chi connectivity index (χ0v) is 45.7. The van der Waals surface area contributed by atoms with Gasteiger partial charge in [0.2, 0.25) is 5.91 Å². The molecule has 6 saturated heterocycles. The van der Waals surface area contributed by atoms with Crippen LogP contribution in [0.4, 0.5) is 0 Å². The van der Waals surface area contributed by atoms with E-state index in [1.165, 1.54) is 184 Å². The Labute approximate surface area is 448 Å². The van der Waals surface area contributed by atoms with Crippen molar-refractivity contribution in [3.05, 3.63) is 60.2 Å². The third-order valence-electron chi connectivity index (χ3n) is 21.8. The SMILES string of the molecule is COC(=O)CN1CCC[C@H]1c1nc2ccccc2n1C1C[C@H]2CCC[C@@H](C1)N2C1C[C@H]2CCCC[C@@H](C1)C2.NC(=O)CN1CCC[C@H]1c1nc2ccccc2n1C1C[C@H]2CCC[C@@H](C1)N2C1C[C@H]2CCCC[C@@H](C1)C2. The number of nitrogens with two attached hydrogens (primary N) is 1. The summed E-state index contributed by atoms with van der Waals surface area (Å²) in [5.41, 5.74) is 10.4. The van der Waals surface area contributed by atoms with Crippen LogP contribution in [0.25, 0.3) is 22.1 Å². The lowest BCUT2D eigenvalue weighted by Crippen LogP contribution is -2.58. The molecule has 10 aliphatic rings. The Morgan fingerprint density at radius 2 is 0.867 bits per heavy atom. The van der Waals surface area contributed by atoms with Gasteiger partial charge in [0.1, 0.15) is 11.6 Å². The zero-order chi connectivity index (χ0) is 50.6. The van der Waals surface area contributed by atoms with Gasteiger partial charge in [0, 0.05) is 48.3 Å². The number of nitrogens with zero attached hydrogens (tertiary/aromatic N) is 8. The van der Waals surface area contributed by atoms with Gasteiger partial charge in [0.05, 0.1) is 54.3 Å². The van der Waals surface area contributed by atoms with E-state index in [9.17, 15) is 9.59 Å². The van der Waals surface area contributed by atoms with Crippen LogP contribution in [0.5, 0.6) is 0 Å². The summed E-state index contributed by atoms with van der Waals surface area (Å²) in [6.45, 7) is 2.57. The average molecular weight is 1020 g/mol. The van der Waals surface area contributed by atoms with Crippen LogP contribution in [0, 0.1) is 23.7 Å². The summed E-state index contributed by atoms with van der Waals surface area (Å²) in [5.74, 6) is 5.91. The predicted molar refractivity (Wildman–Crippen MR) is 297 cm³/mol. The molecule has 2 N–H and O–H groups in total. The minimum Gasteiger partial charge on any atom is -0.468 e. The molecule has 4 saturated carbocycles. The molecule has 0 radical (unpaired) electrons. The van der Waals surface area contributed by atoms with E-state index < -0.39 is 0 Å². The van der Waals surface area contributed by atoms with Crippen molar-refractivity contribution in [2.45, 2.75) is 240 Å². The van der Waals surface area contributed by atoms with E-state index in [0.29, 0.717) is 49.3 Å². The third kappa shape index (κ3) is 10.3.